The molecule has 0 radical (unpaired) electrons. The summed E-state index contributed by atoms with van der Waals surface area (Å²) in [4.78, 5) is 2.58. The van der Waals surface area contributed by atoms with Crippen LogP contribution >= 0.6 is 0 Å². The molecule has 2 atom stereocenters. The van der Waals surface area contributed by atoms with Crippen LogP contribution in [0.25, 0.3) is 0 Å². The zero-order chi connectivity index (χ0) is 11.3. The van der Waals surface area contributed by atoms with Crippen LogP contribution in [0, 0.1) is 13.8 Å². The molecule has 2 fully saturated rings. The highest BCUT2D eigenvalue weighted by Crippen LogP contribution is 2.40. The molecule has 4 nitrogen and oxygen atoms in total. The fraction of sp³-hybridized carbons (Fsp3) is 0.750. The molecule has 2 aliphatic heterocycles. The normalized spacial score (nSPS) is 33.4. The average Bonchev–Trinajstić information content (AvgIpc) is 2.67. The summed E-state index contributed by atoms with van der Waals surface area (Å²) in [5, 5.41) is 7.40. The van der Waals surface area contributed by atoms with E-state index in [4.69, 9.17) is 5.73 Å². The monoisotopic (exact) mass is 220 g/mol. The molecule has 0 saturated carbocycles. The molecule has 3 rings (SSSR count). The number of nitrogens with zero attached hydrogens (tertiary/aromatic N) is 2. The van der Waals surface area contributed by atoms with Crippen molar-refractivity contribution < 1.29 is 0 Å². The van der Waals surface area contributed by atoms with Crippen LogP contribution in [0.5, 0.6) is 0 Å². The Bertz CT molecular complexity index is 364. The van der Waals surface area contributed by atoms with E-state index in [2.05, 4.69) is 28.9 Å². The van der Waals surface area contributed by atoms with Crippen molar-refractivity contribution in [3.8, 4) is 0 Å². The summed E-state index contributed by atoms with van der Waals surface area (Å²) in [7, 11) is 0. The Hall–Kier alpha value is -1.03. The number of aromatic amines is 1. The molecule has 1 aromatic heterocycles. The van der Waals surface area contributed by atoms with Crippen LogP contribution in [0.4, 0.5) is 5.69 Å². The molecule has 16 heavy (non-hydrogen) atoms. The SMILES string of the molecule is Cc1n[nH]c(C)c1N1C2CCC1CC(N)C2. The summed E-state index contributed by atoms with van der Waals surface area (Å²) in [6.45, 7) is 4.20. The van der Waals surface area contributed by atoms with Gasteiger partial charge in [0.2, 0.25) is 0 Å². The lowest BCUT2D eigenvalue weighted by atomic mass is 9.97. The number of nitrogens with one attached hydrogen (secondary N) is 1. The van der Waals surface area contributed by atoms with Crippen molar-refractivity contribution in [1.29, 1.82) is 0 Å². The Morgan fingerprint density at radius 2 is 1.88 bits per heavy atom. The molecule has 88 valence electrons. The highest BCUT2D eigenvalue weighted by atomic mass is 15.3. The lowest BCUT2D eigenvalue weighted by Crippen LogP contribution is -2.47. The van der Waals surface area contributed by atoms with Gasteiger partial charge in [-0.1, -0.05) is 0 Å². The minimum atomic E-state index is 0.404. The number of aromatic nitrogens is 2. The first-order valence-corrected chi connectivity index (χ1v) is 6.22. The maximum atomic E-state index is 6.10. The summed E-state index contributed by atoms with van der Waals surface area (Å²) in [6, 6.07) is 1.69. The third-order valence-electron chi connectivity index (χ3n) is 4.12. The minimum absolute atomic E-state index is 0.404. The lowest BCUT2D eigenvalue weighted by molar-refractivity contribution is 0.414. The molecular formula is C12H20N4. The number of H-pyrrole nitrogens is 1. The van der Waals surface area contributed by atoms with E-state index < -0.39 is 0 Å². The molecule has 2 saturated heterocycles. The van der Waals surface area contributed by atoms with E-state index >= 15 is 0 Å². The van der Waals surface area contributed by atoms with Crippen molar-refractivity contribution in [3.05, 3.63) is 11.4 Å². The maximum absolute atomic E-state index is 6.10. The Morgan fingerprint density at radius 1 is 1.25 bits per heavy atom. The second kappa shape index (κ2) is 3.48. The first-order chi connectivity index (χ1) is 7.66. The summed E-state index contributed by atoms with van der Waals surface area (Å²) < 4.78 is 0. The standard InChI is InChI=1S/C12H20N4/c1-7-12(8(2)15-14-7)16-10-3-4-11(16)6-9(13)5-10/h9-11H,3-6,13H2,1-2H3,(H,14,15). The molecule has 3 heterocycles. The first kappa shape index (κ1) is 10.1. The van der Waals surface area contributed by atoms with Crippen LogP contribution in [0.15, 0.2) is 0 Å². The first-order valence-electron chi connectivity index (χ1n) is 6.22. The topological polar surface area (TPSA) is 57.9 Å². The van der Waals surface area contributed by atoms with Crippen LogP contribution in [-0.2, 0) is 0 Å². The lowest BCUT2D eigenvalue weighted by Gasteiger charge is -2.39. The Morgan fingerprint density at radius 3 is 2.38 bits per heavy atom. The van der Waals surface area contributed by atoms with E-state index in [-0.39, 0.29) is 0 Å². The number of rotatable bonds is 1. The van der Waals surface area contributed by atoms with E-state index in [1.807, 2.05) is 0 Å². The van der Waals surface area contributed by atoms with Crippen molar-refractivity contribution in [2.24, 2.45) is 5.73 Å². The van der Waals surface area contributed by atoms with Crippen molar-refractivity contribution in [1.82, 2.24) is 10.2 Å². The third-order valence-corrected chi connectivity index (χ3v) is 4.12. The number of aryl methyl sites for hydroxylation is 2. The molecule has 4 heteroatoms. The van der Waals surface area contributed by atoms with Crippen LogP contribution < -0.4 is 10.6 Å². The summed E-state index contributed by atoms with van der Waals surface area (Å²) in [5.41, 5.74) is 9.76. The number of anilines is 1. The third kappa shape index (κ3) is 1.36. The van der Waals surface area contributed by atoms with Gasteiger partial charge in [-0.15, -0.1) is 0 Å². The van der Waals surface area contributed by atoms with Gasteiger partial charge < -0.3 is 10.6 Å². The van der Waals surface area contributed by atoms with Crippen molar-refractivity contribution >= 4 is 5.69 Å². The zero-order valence-electron chi connectivity index (χ0n) is 10.0. The van der Waals surface area contributed by atoms with Gasteiger partial charge in [0, 0.05) is 18.1 Å². The maximum Gasteiger partial charge on any atom is 0.0827 e. The van der Waals surface area contributed by atoms with Crippen LogP contribution in [0.3, 0.4) is 0 Å². The fourth-order valence-corrected chi connectivity index (χ4v) is 3.51. The molecule has 0 aromatic carbocycles. The van der Waals surface area contributed by atoms with E-state index in [0.29, 0.717) is 18.1 Å². The number of hydrogen-bond acceptors (Lipinski definition) is 3. The highest BCUT2D eigenvalue weighted by Gasteiger charge is 2.41. The molecule has 0 aliphatic carbocycles. The van der Waals surface area contributed by atoms with Crippen molar-refractivity contribution in [2.45, 2.75) is 57.7 Å². The van der Waals surface area contributed by atoms with Gasteiger partial charge >= 0.3 is 0 Å². The van der Waals surface area contributed by atoms with Gasteiger partial charge in [0.1, 0.15) is 0 Å². The number of hydrogen-bond donors (Lipinski definition) is 2. The second-order valence-corrected chi connectivity index (χ2v) is 5.31. The van der Waals surface area contributed by atoms with Crippen LogP contribution in [0.2, 0.25) is 0 Å². The Balaban J connectivity index is 1.97. The molecule has 0 amide bonds. The number of fused-ring (bicyclic) bond motifs is 2. The predicted molar refractivity (Wildman–Crippen MR) is 64.6 cm³/mol. The Labute approximate surface area is 96.2 Å². The number of piperidine rings is 1. The molecular weight excluding hydrogens is 200 g/mol. The minimum Gasteiger partial charge on any atom is -0.362 e. The predicted octanol–water partition coefficient (Wildman–Crippen LogP) is 1.49. The molecule has 0 spiro atoms. The molecule has 2 bridgehead atoms. The van der Waals surface area contributed by atoms with Crippen LogP contribution in [-0.4, -0.2) is 28.3 Å². The zero-order valence-corrected chi connectivity index (χ0v) is 10.0. The smallest absolute Gasteiger partial charge is 0.0827 e. The Kier molecular flexibility index (Phi) is 2.21. The molecule has 3 N–H and O–H groups in total. The highest BCUT2D eigenvalue weighted by molar-refractivity contribution is 5.57. The van der Waals surface area contributed by atoms with Gasteiger partial charge in [-0.3, -0.25) is 5.10 Å². The van der Waals surface area contributed by atoms with Gasteiger partial charge in [0.05, 0.1) is 17.1 Å². The quantitative estimate of drug-likeness (QED) is 0.753. The summed E-state index contributed by atoms with van der Waals surface area (Å²) in [6.07, 6.45) is 4.87. The fourth-order valence-electron chi connectivity index (χ4n) is 3.51. The number of nitrogens with two attached hydrogens (primary N) is 1. The van der Waals surface area contributed by atoms with Crippen molar-refractivity contribution in [2.75, 3.05) is 4.90 Å². The van der Waals surface area contributed by atoms with Gasteiger partial charge in [-0.2, -0.15) is 5.10 Å². The van der Waals surface area contributed by atoms with Gasteiger partial charge in [-0.05, 0) is 39.5 Å². The summed E-state index contributed by atoms with van der Waals surface area (Å²) in [5.74, 6) is 0. The summed E-state index contributed by atoms with van der Waals surface area (Å²) >= 11 is 0. The van der Waals surface area contributed by atoms with E-state index in [1.54, 1.807) is 0 Å². The van der Waals surface area contributed by atoms with Gasteiger partial charge in [-0.25, -0.2) is 0 Å². The van der Waals surface area contributed by atoms with E-state index in [0.717, 1.165) is 18.5 Å². The van der Waals surface area contributed by atoms with E-state index in [9.17, 15) is 0 Å². The van der Waals surface area contributed by atoms with Gasteiger partial charge in [0.15, 0.2) is 0 Å². The largest absolute Gasteiger partial charge is 0.362 e. The molecule has 1 aromatic rings. The average molecular weight is 220 g/mol. The van der Waals surface area contributed by atoms with Crippen molar-refractivity contribution in [3.63, 3.8) is 0 Å². The second-order valence-electron chi connectivity index (χ2n) is 5.31. The van der Waals surface area contributed by atoms with Crippen LogP contribution in [0.1, 0.15) is 37.1 Å². The van der Waals surface area contributed by atoms with E-state index in [1.165, 1.54) is 24.2 Å². The molecule has 2 aliphatic rings. The van der Waals surface area contributed by atoms with Gasteiger partial charge in [0.25, 0.3) is 0 Å². The molecule has 2 unspecified atom stereocenters.